The molecular weight excluding hydrogens is 362 g/mol. The standard InChI is InChI=1S/C17H19N9O2/c1-28-14-9-21-7-12(24-14)13-8-23-16(19)15(25-13)17(27)26-11-6-20-4-2-10(11)22-5-3-18/h2,4,6-9H,3,5,18H2,1H3,(H2,19,23)(H,20,22)(H,26,27). The Bertz CT molecular complexity index is 980. The summed E-state index contributed by atoms with van der Waals surface area (Å²) in [5, 5.41) is 5.83. The number of anilines is 3. The quantitative estimate of drug-likeness (QED) is 0.453. The lowest BCUT2D eigenvalue weighted by Gasteiger charge is -2.12. The number of nitrogen functional groups attached to an aromatic ring is 1. The predicted octanol–water partition coefficient (Wildman–Crippen LogP) is 0.542. The van der Waals surface area contributed by atoms with Crippen molar-refractivity contribution < 1.29 is 9.53 Å². The van der Waals surface area contributed by atoms with Gasteiger partial charge in [-0.05, 0) is 6.07 Å². The third kappa shape index (κ3) is 4.27. The van der Waals surface area contributed by atoms with Gasteiger partial charge in [-0.25, -0.2) is 15.0 Å². The van der Waals surface area contributed by atoms with Crippen LogP contribution in [0.1, 0.15) is 10.5 Å². The van der Waals surface area contributed by atoms with Gasteiger partial charge < -0.3 is 26.8 Å². The van der Waals surface area contributed by atoms with Crippen molar-refractivity contribution in [1.29, 1.82) is 0 Å². The maximum atomic E-state index is 12.7. The molecule has 3 aromatic rings. The number of nitrogens with two attached hydrogens (primary N) is 2. The number of aromatic nitrogens is 5. The molecule has 1 amide bonds. The molecule has 0 saturated heterocycles. The minimum Gasteiger partial charge on any atom is -0.480 e. The van der Waals surface area contributed by atoms with Crippen molar-refractivity contribution in [1.82, 2.24) is 24.9 Å². The Morgan fingerprint density at radius 1 is 1.11 bits per heavy atom. The number of methoxy groups -OCH3 is 1. The summed E-state index contributed by atoms with van der Waals surface area (Å²) < 4.78 is 5.05. The van der Waals surface area contributed by atoms with E-state index >= 15 is 0 Å². The molecule has 0 atom stereocenters. The third-order valence-electron chi connectivity index (χ3n) is 3.63. The highest BCUT2D eigenvalue weighted by Gasteiger charge is 2.17. The van der Waals surface area contributed by atoms with Gasteiger partial charge >= 0.3 is 0 Å². The smallest absolute Gasteiger partial charge is 0.278 e. The van der Waals surface area contributed by atoms with Gasteiger partial charge in [0.2, 0.25) is 5.88 Å². The van der Waals surface area contributed by atoms with Crippen LogP contribution in [0, 0.1) is 0 Å². The Hall–Kier alpha value is -3.86. The van der Waals surface area contributed by atoms with Crippen molar-refractivity contribution in [3.8, 4) is 17.3 Å². The summed E-state index contributed by atoms with van der Waals surface area (Å²) in [6.45, 7) is 0.983. The number of carbonyl (C=O) groups excluding carboxylic acids is 1. The number of hydrogen-bond acceptors (Lipinski definition) is 10. The van der Waals surface area contributed by atoms with Crippen LogP contribution in [0.3, 0.4) is 0 Å². The molecule has 0 spiro atoms. The van der Waals surface area contributed by atoms with Gasteiger partial charge in [-0.15, -0.1) is 0 Å². The molecule has 3 heterocycles. The maximum absolute atomic E-state index is 12.7. The van der Waals surface area contributed by atoms with Crippen LogP contribution in [0.25, 0.3) is 11.4 Å². The summed E-state index contributed by atoms with van der Waals surface area (Å²) in [5.41, 5.74) is 13.2. The molecule has 0 aliphatic carbocycles. The normalized spacial score (nSPS) is 10.4. The first kappa shape index (κ1) is 18.9. The molecule has 0 fully saturated rings. The van der Waals surface area contributed by atoms with Crippen LogP contribution in [0.4, 0.5) is 17.2 Å². The summed E-state index contributed by atoms with van der Waals surface area (Å²) in [4.78, 5) is 33.3. The molecule has 0 saturated carbocycles. The fourth-order valence-corrected chi connectivity index (χ4v) is 2.30. The molecular formula is C17H19N9O2. The fraction of sp³-hybridized carbons (Fsp3) is 0.176. The minimum atomic E-state index is -0.536. The minimum absolute atomic E-state index is 0.0162. The highest BCUT2D eigenvalue weighted by molar-refractivity contribution is 6.07. The van der Waals surface area contributed by atoms with Gasteiger partial charge in [0.1, 0.15) is 11.4 Å². The van der Waals surface area contributed by atoms with Crippen molar-refractivity contribution >= 4 is 23.1 Å². The number of hydrogen-bond donors (Lipinski definition) is 4. The summed E-state index contributed by atoms with van der Waals surface area (Å²) in [7, 11) is 1.48. The van der Waals surface area contributed by atoms with E-state index in [2.05, 4.69) is 35.6 Å². The fourth-order valence-electron chi connectivity index (χ4n) is 2.30. The zero-order chi connectivity index (χ0) is 19.9. The lowest BCUT2D eigenvalue weighted by molar-refractivity contribution is 0.102. The van der Waals surface area contributed by atoms with Crippen molar-refractivity contribution in [2.24, 2.45) is 5.73 Å². The number of carbonyl (C=O) groups is 1. The number of pyridine rings is 1. The second-order valence-electron chi connectivity index (χ2n) is 5.53. The van der Waals surface area contributed by atoms with Crippen LogP contribution in [0.15, 0.2) is 37.1 Å². The molecule has 0 aliphatic heterocycles. The van der Waals surface area contributed by atoms with E-state index in [9.17, 15) is 4.79 Å². The SMILES string of the molecule is COc1cncc(-c2cnc(N)c(C(=O)Nc3cnccc3NCCN)n2)n1. The van der Waals surface area contributed by atoms with E-state index in [1.807, 2.05) is 0 Å². The van der Waals surface area contributed by atoms with Crippen molar-refractivity contribution in [2.75, 3.05) is 36.6 Å². The number of ether oxygens (including phenoxy) is 1. The van der Waals surface area contributed by atoms with E-state index in [1.165, 1.54) is 31.9 Å². The van der Waals surface area contributed by atoms with Gasteiger partial charge in [0.05, 0.1) is 43.3 Å². The summed E-state index contributed by atoms with van der Waals surface area (Å²) in [5.74, 6) is -0.239. The average molecular weight is 381 g/mol. The summed E-state index contributed by atoms with van der Waals surface area (Å²) >= 11 is 0. The van der Waals surface area contributed by atoms with Gasteiger partial charge in [-0.1, -0.05) is 0 Å². The Morgan fingerprint density at radius 2 is 1.93 bits per heavy atom. The molecule has 0 bridgehead atoms. The molecule has 0 unspecified atom stereocenters. The van der Waals surface area contributed by atoms with Crippen molar-refractivity contribution in [3.05, 3.63) is 42.7 Å². The van der Waals surface area contributed by atoms with Gasteiger partial charge in [0, 0.05) is 19.3 Å². The van der Waals surface area contributed by atoms with Crippen LogP contribution in [-0.2, 0) is 0 Å². The van der Waals surface area contributed by atoms with E-state index in [1.54, 1.807) is 12.3 Å². The molecule has 0 aliphatic rings. The topological polar surface area (TPSA) is 167 Å². The zero-order valence-corrected chi connectivity index (χ0v) is 15.1. The number of rotatable bonds is 7. The monoisotopic (exact) mass is 381 g/mol. The molecule has 3 rings (SSSR count). The summed E-state index contributed by atoms with van der Waals surface area (Å²) in [6.07, 6.45) is 7.47. The zero-order valence-electron chi connectivity index (χ0n) is 15.1. The van der Waals surface area contributed by atoms with E-state index < -0.39 is 5.91 Å². The van der Waals surface area contributed by atoms with E-state index in [0.29, 0.717) is 41.7 Å². The molecule has 0 aromatic carbocycles. The Morgan fingerprint density at radius 3 is 2.71 bits per heavy atom. The molecule has 6 N–H and O–H groups in total. The number of nitrogens with zero attached hydrogens (tertiary/aromatic N) is 5. The predicted molar refractivity (Wildman–Crippen MR) is 104 cm³/mol. The Labute approximate surface area is 160 Å². The Kier molecular flexibility index (Phi) is 5.87. The van der Waals surface area contributed by atoms with Crippen LogP contribution in [-0.4, -0.2) is 51.0 Å². The maximum Gasteiger partial charge on any atom is 0.278 e. The number of nitrogens with one attached hydrogen (secondary N) is 2. The second kappa shape index (κ2) is 8.68. The number of amides is 1. The van der Waals surface area contributed by atoms with Gasteiger partial charge in [-0.2, -0.15) is 0 Å². The molecule has 3 aromatic heterocycles. The molecule has 0 radical (unpaired) electrons. The third-order valence-corrected chi connectivity index (χ3v) is 3.63. The highest BCUT2D eigenvalue weighted by atomic mass is 16.5. The van der Waals surface area contributed by atoms with E-state index in [4.69, 9.17) is 16.2 Å². The van der Waals surface area contributed by atoms with Crippen LogP contribution in [0.2, 0.25) is 0 Å². The lowest BCUT2D eigenvalue weighted by Crippen LogP contribution is -2.19. The molecule has 11 heteroatoms. The van der Waals surface area contributed by atoms with E-state index in [-0.39, 0.29) is 11.5 Å². The van der Waals surface area contributed by atoms with Crippen molar-refractivity contribution in [2.45, 2.75) is 0 Å². The second-order valence-corrected chi connectivity index (χ2v) is 5.53. The molecule has 11 nitrogen and oxygen atoms in total. The Balaban J connectivity index is 1.88. The first-order valence-corrected chi connectivity index (χ1v) is 8.30. The van der Waals surface area contributed by atoms with Crippen LogP contribution in [0.5, 0.6) is 5.88 Å². The van der Waals surface area contributed by atoms with Crippen molar-refractivity contribution in [3.63, 3.8) is 0 Å². The lowest BCUT2D eigenvalue weighted by atomic mass is 10.2. The van der Waals surface area contributed by atoms with Gasteiger partial charge in [0.25, 0.3) is 5.91 Å². The van der Waals surface area contributed by atoms with E-state index in [0.717, 1.165) is 0 Å². The summed E-state index contributed by atoms with van der Waals surface area (Å²) in [6, 6.07) is 1.72. The van der Waals surface area contributed by atoms with Gasteiger partial charge in [-0.3, -0.25) is 14.8 Å². The molecule has 28 heavy (non-hydrogen) atoms. The first-order chi connectivity index (χ1) is 13.6. The van der Waals surface area contributed by atoms with Gasteiger partial charge in [0.15, 0.2) is 11.5 Å². The molecule has 144 valence electrons. The largest absolute Gasteiger partial charge is 0.480 e. The van der Waals surface area contributed by atoms with Crippen LogP contribution >= 0.6 is 0 Å². The highest BCUT2D eigenvalue weighted by Crippen LogP contribution is 2.22. The first-order valence-electron chi connectivity index (χ1n) is 8.30. The van der Waals surface area contributed by atoms with Crippen LogP contribution < -0.4 is 26.8 Å². The average Bonchev–Trinajstić information content (AvgIpc) is 2.73.